The highest BCUT2D eigenvalue weighted by molar-refractivity contribution is 6.09. The molecule has 1 aliphatic heterocycles. The first-order valence-electron chi connectivity index (χ1n) is 12.2. The summed E-state index contributed by atoms with van der Waals surface area (Å²) in [6, 6.07) is 10.4. The molecule has 4 N–H and O–H groups in total. The van der Waals surface area contributed by atoms with E-state index in [0.717, 1.165) is 49.8 Å². The fourth-order valence-corrected chi connectivity index (χ4v) is 5.11. The molecule has 5 rings (SSSR count). The number of carbonyl (C=O) groups excluding carboxylic acids is 1. The van der Waals surface area contributed by atoms with Gasteiger partial charge in [0.1, 0.15) is 17.4 Å². The van der Waals surface area contributed by atoms with Gasteiger partial charge in [-0.3, -0.25) is 4.79 Å². The van der Waals surface area contributed by atoms with Gasteiger partial charge in [-0.15, -0.1) is 0 Å². The first-order valence-corrected chi connectivity index (χ1v) is 12.2. The van der Waals surface area contributed by atoms with Gasteiger partial charge >= 0.3 is 0 Å². The zero-order valence-electron chi connectivity index (χ0n) is 19.8. The zero-order valence-corrected chi connectivity index (χ0v) is 19.8. The maximum atomic E-state index is 14.5. The van der Waals surface area contributed by atoms with Crippen molar-refractivity contribution in [3.63, 3.8) is 0 Å². The molecule has 2 heterocycles. The van der Waals surface area contributed by atoms with E-state index in [2.05, 4.69) is 27.8 Å². The molecule has 0 saturated heterocycles. The van der Waals surface area contributed by atoms with E-state index < -0.39 is 5.82 Å². The molecular weight excluding hydrogens is 445 g/mol. The molecule has 35 heavy (non-hydrogen) atoms. The Morgan fingerprint density at radius 1 is 1.11 bits per heavy atom. The first kappa shape index (κ1) is 23.3. The second-order valence-corrected chi connectivity index (χ2v) is 9.76. The van der Waals surface area contributed by atoms with Gasteiger partial charge in [0.25, 0.3) is 0 Å². The molecule has 0 atom stereocenters. The van der Waals surface area contributed by atoms with Gasteiger partial charge in [0.2, 0.25) is 0 Å². The number of anilines is 4. The van der Waals surface area contributed by atoms with Gasteiger partial charge in [-0.2, -0.15) is 0 Å². The van der Waals surface area contributed by atoms with Gasteiger partial charge in [-0.05, 0) is 86.3 Å². The average molecular weight is 476 g/mol. The molecule has 0 radical (unpaired) electrons. The van der Waals surface area contributed by atoms with Crippen LogP contribution in [-0.4, -0.2) is 27.1 Å². The molecule has 1 saturated carbocycles. The number of halogens is 1. The van der Waals surface area contributed by atoms with Crippen molar-refractivity contribution >= 4 is 28.7 Å². The Kier molecular flexibility index (Phi) is 6.43. The number of hydrogen-bond donors (Lipinski definition) is 4. The summed E-state index contributed by atoms with van der Waals surface area (Å²) in [5, 5.41) is 26.0. The van der Waals surface area contributed by atoms with Crippen LogP contribution < -0.4 is 10.6 Å². The van der Waals surface area contributed by atoms with Crippen molar-refractivity contribution < 1.29 is 19.4 Å². The van der Waals surface area contributed by atoms with Crippen LogP contribution in [-0.2, 0) is 12.8 Å². The lowest BCUT2D eigenvalue weighted by atomic mass is 9.83. The summed E-state index contributed by atoms with van der Waals surface area (Å²) >= 11 is 0. The van der Waals surface area contributed by atoms with Crippen molar-refractivity contribution in [3.05, 3.63) is 70.7 Å². The Labute approximate surface area is 204 Å². The van der Waals surface area contributed by atoms with Crippen LogP contribution in [0, 0.1) is 18.7 Å². The Bertz CT molecular complexity index is 1270. The minimum Gasteiger partial charge on any atom is -0.508 e. The van der Waals surface area contributed by atoms with Crippen LogP contribution >= 0.6 is 0 Å². The van der Waals surface area contributed by atoms with E-state index in [9.17, 15) is 19.4 Å². The van der Waals surface area contributed by atoms with Crippen LogP contribution in [0.15, 0.2) is 42.6 Å². The molecular formula is C28H30FN3O3. The van der Waals surface area contributed by atoms with Crippen LogP contribution in [0.5, 0.6) is 5.75 Å². The number of ketones is 1. The van der Waals surface area contributed by atoms with Gasteiger partial charge < -0.3 is 20.8 Å². The molecule has 0 bridgehead atoms. The molecule has 182 valence electrons. The predicted molar refractivity (Wildman–Crippen MR) is 134 cm³/mol. The smallest absolute Gasteiger partial charge is 0.173 e. The zero-order chi connectivity index (χ0) is 24.5. The fraction of sp³-hybridized carbons (Fsp3) is 0.357. The number of rotatable bonds is 5. The van der Waals surface area contributed by atoms with Gasteiger partial charge in [0.05, 0.1) is 23.0 Å². The number of aliphatic hydroxyl groups excluding tert-OH is 1. The van der Waals surface area contributed by atoms with Gasteiger partial charge in [-0.1, -0.05) is 12.1 Å². The highest BCUT2D eigenvalue weighted by atomic mass is 19.1. The number of phenolic OH excluding ortho intramolecular Hbond substituents is 1. The maximum Gasteiger partial charge on any atom is 0.173 e. The lowest BCUT2D eigenvalue weighted by molar-refractivity contribution is 0.0995. The number of benzene rings is 2. The van der Waals surface area contributed by atoms with Crippen LogP contribution in [0.2, 0.25) is 0 Å². The standard InChI is InChI=1S/C28H30FN3O3/c1-16-12-21(29)24(15-25(16)34)31-23-10-11-30-28-27(23)26(35)14-19-13-18(6-9-22(19)32-28)3-2-17-4-7-20(33)8-5-17/h6,9-13,15,17,20,33-34H,2-5,7-8,14H2,1H3,(H2,30,31,32). The van der Waals surface area contributed by atoms with Gasteiger partial charge in [0, 0.05) is 24.4 Å². The number of carbonyl (C=O) groups is 1. The number of aryl methyl sites for hydroxylation is 2. The molecule has 1 fully saturated rings. The Morgan fingerprint density at radius 3 is 2.71 bits per heavy atom. The Hall–Kier alpha value is -3.45. The maximum absolute atomic E-state index is 14.5. The molecule has 2 aliphatic rings. The highest BCUT2D eigenvalue weighted by Gasteiger charge is 2.25. The largest absolute Gasteiger partial charge is 0.508 e. The van der Waals surface area contributed by atoms with Crippen LogP contribution in [0.25, 0.3) is 0 Å². The average Bonchev–Trinajstić information content (AvgIpc) is 2.98. The van der Waals surface area contributed by atoms with E-state index in [1.807, 2.05) is 6.07 Å². The Morgan fingerprint density at radius 2 is 1.91 bits per heavy atom. The minimum absolute atomic E-state index is 0.0252. The van der Waals surface area contributed by atoms with Crippen molar-refractivity contribution in [2.75, 3.05) is 10.6 Å². The summed E-state index contributed by atoms with van der Waals surface area (Å²) in [5.41, 5.74) is 4.27. The number of hydrogen-bond acceptors (Lipinski definition) is 6. The number of phenols is 1. The lowest BCUT2D eigenvalue weighted by Gasteiger charge is -2.25. The van der Waals surface area contributed by atoms with Crippen molar-refractivity contribution in [1.29, 1.82) is 0 Å². The van der Waals surface area contributed by atoms with Gasteiger partial charge in [0.15, 0.2) is 5.78 Å². The highest BCUT2D eigenvalue weighted by Crippen LogP contribution is 2.36. The molecule has 0 spiro atoms. The number of aromatic nitrogens is 1. The van der Waals surface area contributed by atoms with Crippen LogP contribution in [0.3, 0.4) is 0 Å². The fourth-order valence-electron chi connectivity index (χ4n) is 5.11. The van der Waals surface area contributed by atoms with Crippen molar-refractivity contribution in [2.45, 2.75) is 58.0 Å². The summed E-state index contributed by atoms with van der Waals surface area (Å²) in [5.74, 6) is 0.407. The lowest BCUT2D eigenvalue weighted by Crippen LogP contribution is -2.18. The molecule has 0 amide bonds. The Balaban J connectivity index is 1.36. The van der Waals surface area contributed by atoms with Crippen LogP contribution in [0.4, 0.5) is 27.3 Å². The number of aromatic hydroxyl groups is 1. The SMILES string of the molecule is Cc1cc(F)c(Nc2ccnc3c2C(=O)Cc2cc(CCC4CCC(O)CC4)ccc2N3)cc1O. The number of aliphatic hydroxyl groups is 1. The van der Waals surface area contributed by atoms with Crippen molar-refractivity contribution in [3.8, 4) is 5.75 Å². The van der Waals surface area contributed by atoms with E-state index in [0.29, 0.717) is 28.6 Å². The normalized spacial score (nSPS) is 19.3. The minimum atomic E-state index is -0.514. The number of nitrogens with zero attached hydrogens (tertiary/aromatic N) is 1. The molecule has 3 aromatic rings. The van der Waals surface area contributed by atoms with Gasteiger partial charge in [-0.25, -0.2) is 9.37 Å². The molecule has 1 aromatic heterocycles. The molecule has 7 heteroatoms. The second kappa shape index (κ2) is 9.66. The van der Waals surface area contributed by atoms with Crippen LogP contribution in [0.1, 0.15) is 59.2 Å². The summed E-state index contributed by atoms with van der Waals surface area (Å²) in [7, 11) is 0. The molecule has 2 aromatic carbocycles. The molecule has 6 nitrogen and oxygen atoms in total. The topological polar surface area (TPSA) is 94.5 Å². The van der Waals surface area contributed by atoms with E-state index in [-0.39, 0.29) is 29.7 Å². The monoisotopic (exact) mass is 475 g/mol. The third kappa shape index (κ3) is 5.00. The number of fused-ring (bicyclic) bond motifs is 2. The molecule has 1 aliphatic carbocycles. The van der Waals surface area contributed by atoms with Crippen molar-refractivity contribution in [1.82, 2.24) is 4.98 Å². The molecule has 0 unspecified atom stereocenters. The first-order chi connectivity index (χ1) is 16.9. The summed E-state index contributed by atoms with van der Waals surface area (Å²) in [6.45, 7) is 1.62. The summed E-state index contributed by atoms with van der Waals surface area (Å²) < 4.78 is 14.5. The van der Waals surface area contributed by atoms with E-state index in [4.69, 9.17) is 0 Å². The third-order valence-corrected chi connectivity index (χ3v) is 7.22. The predicted octanol–water partition coefficient (Wildman–Crippen LogP) is 5.94. The number of pyridine rings is 1. The number of Topliss-reactive ketones (excluding diaryl/α,β-unsaturated/α-hetero) is 1. The number of nitrogens with one attached hydrogen (secondary N) is 2. The second-order valence-electron chi connectivity index (χ2n) is 9.76. The summed E-state index contributed by atoms with van der Waals surface area (Å²) in [4.78, 5) is 17.7. The van der Waals surface area contributed by atoms with E-state index in [1.54, 1.807) is 19.2 Å². The summed E-state index contributed by atoms with van der Waals surface area (Å²) in [6.07, 6.45) is 7.58. The van der Waals surface area contributed by atoms with E-state index >= 15 is 0 Å². The quantitative estimate of drug-likeness (QED) is 0.365. The third-order valence-electron chi connectivity index (χ3n) is 7.22. The van der Waals surface area contributed by atoms with E-state index in [1.165, 1.54) is 17.7 Å². The van der Waals surface area contributed by atoms with Crippen molar-refractivity contribution in [2.24, 2.45) is 5.92 Å².